The quantitative estimate of drug-likeness (QED) is 0.0480. The number of unbranched alkanes of at least 4 members (excludes halogenated alkanes) is 1. The van der Waals surface area contributed by atoms with Crippen LogP contribution in [0.4, 0.5) is 9.59 Å². The molecule has 0 unspecified atom stereocenters. The third kappa shape index (κ3) is 20.5. The Balaban J connectivity index is 1.79. The van der Waals surface area contributed by atoms with Gasteiger partial charge in [-0.2, -0.15) is 0 Å². The van der Waals surface area contributed by atoms with Crippen LogP contribution in [0.5, 0.6) is 5.75 Å². The zero-order valence-electron chi connectivity index (χ0n) is 45.3. The van der Waals surface area contributed by atoms with Gasteiger partial charge in [-0.05, 0) is 87.5 Å². The van der Waals surface area contributed by atoms with Crippen molar-refractivity contribution in [3.8, 4) is 5.75 Å². The summed E-state index contributed by atoms with van der Waals surface area (Å²) in [6.07, 6.45) is -2.82. The number of hydrogen-bond donors (Lipinski definition) is 4. The summed E-state index contributed by atoms with van der Waals surface area (Å²) >= 11 is 0. The number of aliphatic hydroxyl groups is 1. The van der Waals surface area contributed by atoms with Crippen LogP contribution in [0, 0.1) is 17.8 Å². The Morgan fingerprint density at radius 1 is 0.811 bits per heavy atom. The molecule has 1 heterocycles. The molecule has 1 aliphatic heterocycles. The van der Waals surface area contributed by atoms with Gasteiger partial charge in [-0.15, -0.1) is 0 Å². The number of carbonyl (C=O) groups excluding carboxylic acids is 8. The Bertz CT molecular complexity index is 2150. The van der Waals surface area contributed by atoms with Crippen molar-refractivity contribution in [1.29, 1.82) is 0 Å². The largest absolute Gasteiger partial charge is 0.497 e. The molecule has 5 amide bonds. The first-order valence-electron chi connectivity index (χ1n) is 25.5. The topological polar surface area (TPSA) is 255 Å². The van der Waals surface area contributed by atoms with E-state index in [1.807, 2.05) is 26.8 Å². The molecule has 412 valence electrons. The van der Waals surface area contributed by atoms with Crippen molar-refractivity contribution in [3.05, 3.63) is 65.7 Å². The zero-order chi connectivity index (χ0) is 55.3. The molecule has 0 spiro atoms. The highest BCUT2D eigenvalue weighted by atomic mass is 16.6. The summed E-state index contributed by atoms with van der Waals surface area (Å²) in [7, 11) is 2.87. The summed E-state index contributed by atoms with van der Waals surface area (Å²) in [5.41, 5.74) is 0.343. The molecule has 20 nitrogen and oxygen atoms in total. The normalized spacial score (nSPS) is 15.9. The highest BCUT2D eigenvalue weighted by molar-refractivity contribution is 5.93. The van der Waals surface area contributed by atoms with Gasteiger partial charge in [-0.3, -0.25) is 24.1 Å². The molecule has 0 aliphatic carbocycles. The summed E-state index contributed by atoms with van der Waals surface area (Å²) in [4.78, 5) is 112. The fourth-order valence-corrected chi connectivity index (χ4v) is 7.99. The van der Waals surface area contributed by atoms with Gasteiger partial charge in [0, 0.05) is 20.0 Å². The molecule has 1 saturated heterocycles. The molecule has 0 radical (unpaired) electrons. The lowest BCUT2D eigenvalue weighted by Crippen LogP contribution is -2.57. The van der Waals surface area contributed by atoms with Crippen molar-refractivity contribution in [1.82, 2.24) is 25.8 Å². The van der Waals surface area contributed by atoms with E-state index in [2.05, 4.69) is 16.0 Å². The minimum Gasteiger partial charge on any atom is -0.497 e. The summed E-state index contributed by atoms with van der Waals surface area (Å²) < 4.78 is 33.0. The number of nitrogens with zero attached hydrogens (tertiary/aromatic N) is 2. The smallest absolute Gasteiger partial charge is 0.410 e. The predicted molar refractivity (Wildman–Crippen MR) is 273 cm³/mol. The SMILES string of the molecule is CCCCOC(=O)[C@@H]1CCCN1C(=O)[C@H](CC(C)C)NC(=O)[C@@H](OC(=O)C[C@H](O)[C@H](NC(=O)[C@H](COC(=O)[C@H](Cc1ccc(OC)cc1)N(C)C(=O)OCc1ccccc1)NC(=O)OC(C)(C)C)C(C)C)C(C)C. The number of alkyl carbamates (subject to hydrolysis) is 1. The van der Waals surface area contributed by atoms with Gasteiger partial charge in [0.25, 0.3) is 5.91 Å². The van der Waals surface area contributed by atoms with Crippen LogP contribution in [0.25, 0.3) is 0 Å². The molecule has 1 aliphatic rings. The lowest BCUT2D eigenvalue weighted by molar-refractivity contribution is -0.162. The standard InChI is InChI=1S/C54H81N5O15/c1-13-14-27-70-50(65)41-21-18-26-59(41)49(64)39(28-33(2)3)55-48(63)46(35(6)7)73-44(61)30-43(60)45(34(4)5)57-47(62)40(56-52(67)74-54(8,9)10)32-71-51(66)42(29-36-22-24-38(69-12)25-23-36)58(11)53(68)72-31-37-19-16-15-17-20-37/h15-17,19-20,22-25,33-35,39-43,45-46,60H,13-14,18,21,26-32H2,1-12H3,(H,55,63)(H,56,67)(H,57,62)/t39-,40-,41-,42-,43-,45+,46-/m0/s1. The van der Waals surface area contributed by atoms with Crippen LogP contribution >= 0.6 is 0 Å². The molecule has 4 N–H and O–H groups in total. The number of amides is 5. The van der Waals surface area contributed by atoms with Crippen LogP contribution in [0.1, 0.15) is 119 Å². The van der Waals surface area contributed by atoms with Gasteiger partial charge in [0.2, 0.25) is 11.8 Å². The van der Waals surface area contributed by atoms with Gasteiger partial charge in [0.15, 0.2) is 6.10 Å². The van der Waals surface area contributed by atoms with E-state index in [4.69, 9.17) is 28.4 Å². The molecule has 3 rings (SSSR count). The number of ether oxygens (including phenoxy) is 6. The van der Waals surface area contributed by atoms with E-state index in [0.29, 0.717) is 42.7 Å². The molecule has 1 fully saturated rings. The minimum atomic E-state index is -1.62. The number of nitrogens with one attached hydrogen (secondary N) is 3. The number of aliphatic hydroxyl groups excluding tert-OH is 1. The molecule has 2 aromatic rings. The van der Waals surface area contributed by atoms with Crippen molar-refractivity contribution in [2.24, 2.45) is 17.8 Å². The van der Waals surface area contributed by atoms with Crippen LogP contribution in [0.2, 0.25) is 0 Å². The first kappa shape index (κ1) is 61.9. The predicted octanol–water partition coefficient (Wildman–Crippen LogP) is 5.64. The molecule has 2 aromatic carbocycles. The first-order valence-corrected chi connectivity index (χ1v) is 25.5. The molecule has 7 atom stereocenters. The second-order valence-corrected chi connectivity index (χ2v) is 20.7. The van der Waals surface area contributed by atoms with E-state index >= 15 is 0 Å². The number of methoxy groups -OCH3 is 1. The third-order valence-electron chi connectivity index (χ3n) is 12.0. The van der Waals surface area contributed by atoms with Gasteiger partial charge < -0.3 is 54.4 Å². The minimum absolute atomic E-state index is 0.0416. The fourth-order valence-electron chi connectivity index (χ4n) is 7.99. The van der Waals surface area contributed by atoms with Crippen LogP contribution in [0.15, 0.2) is 54.6 Å². The van der Waals surface area contributed by atoms with E-state index in [1.165, 1.54) is 19.1 Å². The zero-order valence-corrected chi connectivity index (χ0v) is 45.3. The first-order chi connectivity index (χ1) is 34.8. The van der Waals surface area contributed by atoms with E-state index in [9.17, 15) is 43.5 Å². The molecule has 0 saturated carbocycles. The van der Waals surface area contributed by atoms with E-state index < -0.39 is 121 Å². The highest BCUT2D eigenvalue weighted by Gasteiger charge is 2.41. The average Bonchev–Trinajstić information content (AvgIpc) is 3.84. The molecule has 0 aromatic heterocycles. The number of esters is 3. The average molecular weight is 1040 g/mol. The number of likely N-dealkylation sites (tertiary alicyclic amines) is 1. The Morgan fingerprint density at radius 2 is 1.47 bits per heavy atom. The fraction of sp³-hybridized carbons (Fsp3) is 0.630. The molecule has 74 heavy (non-hydrogen) atoms. The van der Waals surface area contributed by atoms with Gasteiger partial charge in [-0.25, -0.2) is 19.2 Å². The number of rotatable bonds is 27. The van der Waals surface area contributed by atoms with Crippen molar-refractivity contribution in [2.45, 2.75) is 169 Å². The lowest BCUT2D eigenvalue weighted by Gasteiger charge is -2.31. The summed E-state index contributed by atoms with van der Waals surface area (Å²) in [5.74, 6) is -5.15. The number of likely N-dealkylation sites (N-methyl/N-ethyl adjacent to an activating group) is 1. The maximum Gasteiger partial charge on any atom is 0.410 e. The molecular formula is C54H81N5O15. The Hall–Kier alpha value is -6.44. The van der Waals surface area contributed by atoms with E-state index in [1.54, 1.807) is 97.0 Å². The second kappa shape index (κ2) is 30.1. The van der Waals surface area contributed by atoms with Gasteiger partial charge >= 0.3 is 30.1 Å². The number of hydrogen-bond acceptors (Lipinski definition) is 15. The van der Waals surface area contributed by atoms with Crippen LogP contribution in [0.3, 0.4) is 0 Å². The summed E-state index contributed by atoms with van der Waals surface area (Å²) in [6.45, 7) is 16.9. The Morgan fingerprint density at radius 3 is 2.05 bits per heavy atom. The highest BCUT2D eigenvalue weighted by Crippen LogP contribution is 2.23. The third-order valence-corrected chi connectivity index (χ3v) is 12.0. The molecular weight excluding hydrogens is 959 g/mol. The van der Waals surface area contributed by atoms with Crippen molar-refractivity contribution >= 4 is 47.8 Å². The number of benzene rings is 2. The maximum atomic E-state index is 14.1. The van der Waals surface area contributed by atoms with E-state index in [-0.39, 0.29) is 32.0 Å². The van der Waals surface area contributed by atoms with Crippen molar-refractivity contribution in [2.75, 3.05) is 33.9 Å². The van der Waals surface area contributed by atoms with Gasteiger partial charge in [0.1, 0.15) is 48.7 Å². The van der Waals surface area contributed by atoms with E-state index in [0.717, 1.165) is 11.3 Å². The lowest BCUT2D eigenvalue weighted by atomic mass is 9.95. The van der Waals surface area contributed by atoms with Crippen LogP contribution in [-0.4, -0.2) is 145 Å². The van der Waals surface area contributed by atoms with Crippen molar-refractivity contribution in [3.63, 3.8) is 0 Å². The Kier molecular flexibility index (Phi) is 25.1. The second-order valence-electron chi connectivity index (χ2n) is 20.7. The van der Waals surface area contributed by atoms with Gasteiger partial charge in [-0.1, -0.05) is 97.4 Å². The van der Waals surface area contributed by atoms with Crippen LogP contribution < -0.4 is 20.7 Å². The molecule has 20 heteroatoms. The summed E-state index contributed by atoms with van der Waals surface area (Å²) in [6, 6.07) is 9.84. The monoisotopic (exact) mass is 1040 g/mol. The number of carbonyl (C=O) groups is 8. The Labute approximate surface area is 436 Å². The van der Waals surface area contributed by atoms with Crippen molar-refractivity contribution < 1.29 is 71.9 Å². The molecule has 0 bridgehead atoms. The maximum absolute atomic E-state index is 14.1. The van der Waals surface area contributed by atoms with Crippen LogP contribution in [-0.2, 0) is 65.5 Å². The summed E-state index contributed by atoms with van der Waals surface area (Å²) in [5, 5.41) is 19.4. The van der Waals surface area contributed by atoms with Gasteiger partial charge in [0.05, 0.1) is 32.3 Å².